The van der Waals surface area contributed by atoms with Crippen LogP contribution in [0.2, 0.25) is 0 Å². The fraction of sp³-hybridized carbons (Fsp3) is 0.250. The average molecular weight is 312 g/mol. The number of rotatable bonds is 3. The fourth-order valence-corrected chi connectivity index (χ4v) is 3.17. The minimum atomic E-state index is -0.118. The minimum Gasteiger partial charge on any atom is -0.363 e. The molecule has 2 N–H and O–H groups in total. The van der Waals surface area contributed by atoms with Crippen LogP contribution >= 0.6 is 27.3 Å². The van der Waals surface area contributed by atoms with Gasteiger partial charge in [-0.05, 0) is 39.0 Å². The standard InChI is InChI=1S/C12H14BrN3S/c1-16(2)10-4-3-8(7-15-10)11(14)12-9(13)5-6-17-12/h3-7,11H,14H2,1-2H3. The Balaban J connectivity index is 2.26. The molecule has 0 aliphatic heterocycles. The summed E-state index contributed by atoms with van der Waals surface area (Å²) < 4.78 is 1.06. The van der Waals surface area contributed by atoms with Crippen LogP contribution in [0.3, 0.4) is 0 Å². The van der Waals surface area contributed by atoms with Crippen molar-refractivity contribution in [3.63, 3.8) is 0 Å². The van der Waals surface area contributed by atoms with E-state index in [1.165, 1.54) is 0 Å². The van der Waals surface area contributed by atoms with Gasteiger partial charge in [0.1, 0.15) is 5.82 Å². The van der Waals surface area contributed by atoms with E-state index in [-0.39, 0.29) is 6.04 Å². The van der Waals surface area contributed by atoms with Crippen molar-refractivity contribution in [2.24, 2.45) is 5.73 Å². The smallest absolute Gasteiger partial charge is 0.127 e. The molecule has 0 saturated carbocycles. The van der Waals surface area contributed by atoms with Gasteiger partial charge in [-0.25, -0.2) is 4.98 Å². The Bertz CT molecular complexity index is 493. The summed E-state index contributed by atoms with van der Waals surface area (Å²) >= 11 is 5.16. The van der Waals surface area contributed by atoms with Crippen LogP contribution in [0.5, 0.6) is 0 Å². The molecule has 3 nitrogen and oxygen atoms in total. The Morgan fingerprint density at radius 1 is 1.35 bits per heavy atom. The zero-order valence-corrected chi connectivity index (χ0v) is 12.1. The maximum atomic E-state index is 6.21. The third-order valence-electron chi connectivity index (χ3n) is 2.52. The molecule has 0 saturated heterocycles. The van der Waals surface area contributed by atoms with Gasteiger partial charge in [-0.2, -0.15) is 0 Å². The molecule has 0 aliphatic carbocycles. The Labute approximate surface area is 113 Å². The number of hydrogen-bond acceptors (Lipinski definition) is 4. The highest BCUT2D eigenvalue weighted by molar-refractivity contribution is 9.10. The van der Waals surface area contributed by atoms with E-state index >= 15 is 0 Å². The molecule has 0 bridgehead atoms. The van der Waals surface area contributed by atoms with E-state index in [0.29, 0.717) is 0 Å². The molecule has 0 fully saturated rings. The lowest BCUT2D eigenvalue weighted by Gasteiger charge is -2.14. The Kier molecular flexibility index (Phi) is 3.81. The SMILES string of the molecule is CN(C)c1ccc(C(N)c2sccc2Br)cn1. The fourth-order valence-electron chi connectivity index (χ4n) is 1.52. The van der Waals surface area contributed by atoms with E-state index in [1.54, 1.807) is 11.3 Å². The lowest BCUT2D eigenvalue weighted by molar-refractivity contribution is 0.877. The molecular weight excluding hydrogens is 298 g/mol. The van der Waals surface area contributed by atoms with Crippen LogP contribution < -0.4 is 10.6 Å². The van der Waals surface area contributed by atoms with Crippen molar-refractivity contribution in [3.05, 3.63) is 44.7 Å². The first-order valence-electron chi connectivity index (χ1n) is 5.21. The van der Waals surface area contributed by atoms with Gasteiger partial charge >= 0.3 is 0 Å². The van der Waals surface area contributed by atoms with Crippen LogP contribution in [-0.2, 0) is 0 Å². The maximum absolute atomic E-state index is 6.21. The second-order valence-electron chi connectivity index (χ2n) is 3.95. The van der Waals surface area contributed by atoms with E-state index in [4.69, 9.17) is 5.73 Å². The molecule has 0 amide bonds. The lowest BCUT2D eigenvalue weighted by Crippen LogP contribution is -2.13. The van der Waals surface area contributed by atoms with E-state index < -0.39 is 0 Å². The molecule has 2 aromatic heterocycles. The van der Waals surface area contributed by atoms with Gasteiger partial charge in [0.05, 0.1) is 6.04 Å². The highest BCUT2D eigenvalue weighted by Crippen LogP contribution is 2.31. The summed E-state index contributed by atoms with van der Waals surface area (Å²) in [4.78, 5) is 7.47. The highest BCUT2D eigenvalue weighted by atomic mass is 79.9. The number of nitrogens with two attached hydrogens (primary N) is 1. The van der Waals surface area contributed by atoms with E-state index in [9.17, 15) is 0 Å². The van der Waals surface area contributed by atoms with Crippen LogP contribution in [0.1, 0.15) is 16.5 Å². The second-order valence-corrected chi connectivity index (χ2v) is 5.76. The zero-order chi connectivity index (χ0) is 12.4. The number of aromatic nitrogens is 1. The first kappa shape index (κ1) is 12.5. The first-order valence-corrected chi connectivity index (χ1v) is 6.88. The van der Waals surface area contributed by atoms with Crippen LogP contribution in [0.15, 0.2) is 34.2 Å². The molecule has 2 heterocycles. The van der Waals surface area contributed by atoms with Crippen molar-refractivity contribution in [2.75, 3.05) is 19.0 Å². The van der Waals surface area contributed by atoms with Gasteiger partial charge in [0.15, 0.2) is 0 Å². The molecule has 1 unspecified atom stereocenters. The van der Waals surface area contributed by atoms with Gasteiger partial charge in [0, 0.05) is 29.6 Å². The lowest BCUT2D eigenvalue weighted by atomic mass is 10.1. The minimum absolute atomic E-state index is 0.118. The summed E-state index contributed by atoms with van der Waals surface area (Å²) in [6, 6.07) is 5.91. The van der Waals surface area contributed by atoms with Crippen molar-refractivity contribution < 1.29 is 0 Å². The predicted octanol–water partition coefficient (Wildman–Crippen LogP) is 3.02. The molecule has 90 valence electrons. The number of anilines is 1. The molecular formula is C12H14BrN3S. The number of pyridine rings is 1. The monoisotopic (exact) mass is 311 g/mol. The molecule has 0 aromatic carbocycles. The predicted molar refractivity (Wildman–Crippen MR) is 76.6 cm³/mol. The molecule has 17 heavy (non-hydrogen) atoms. The van der Waals surface area contributed by atoms with Gasteiger partial charge < -0.3 is 10.6 Å². The van der Waals surface area contributed by atoms with Crippen molar-refractivity contribution in [3.8, 4) is 0 Å². The summed E-state index contributed by atoms with van der Waals surface area (Å²) in [6.07, 6.45) is 1.84. The zero-order valence-electron chi connectivity index (χ0n) is 9.72. The van der Waals surface area contributed by atoms with Crippen LogP contribution in [0.4, 0.5) is 5.82 Å². The number of hydrogen-bond donors (Lipinski definition) is 1. The molecule has 0 spiro atoms. The molecule has 0 aliphatic rings. The van der Waals surface area contributed by atoms with Gasteiger partial charge in [0.2, 0.25) is 0 Å². The van der Waals surface area contributed by atoms with Crippen LogP contribution in [0.25, 0.3) is 0 Å². The summed E-state index contributed by atoms with van der Waals surface area (Å²) in [7, 11) is 3.94. The van der Waals surface area contributed by atoms with Gasteiger partial charge in [-0.15, -0.1) is 11.3 Å². The topological polar surface area (TPSA) is 42.1 Å². The number of thiophene rings is 1. The molecule has 5 heteroatoms. The summed E-state index contributed by atoms with van der Waals surface area (Å²) in [5.74, 6) is 0.936. The van der Waals surface area contributed by atoms with Crippen molar-refractivity contribution >= 4 is 33.1 Å². The molecule has 2 rings (SSSR count). The summed E-state index contributed by atoms with van der Waals surface area (Å²) in [5.41, 5.74) is 7.24. The van der Waals surface area contributed by atoms with Crippen molar-refractivity contribution in [1.82, 2.24) is 4.98 Å². The summed E-state index contributed by atoms with van der Waals surface area (Å²) in [5, 5.41) is 2.03. The highest BCUT2D eigenvalue weighted by Gasteiger charge is 2.14. The van der Waals surface area contributed by atoms with Gasteiger partial charge in [0.25, 0.3) is 0 Å². The van der Waals surface area contributed by atoms with Crippen molar-refractivity contribution in [2.45, 2.75) is 6.04 Å². The van der Waals surface area contributed by atoms with Crippen LogP contribution in [-0.4, -0.2) is 19.1 Å². The Hall–Kier alpha value is -0.910. The van der Waals surface area contributed by atoms with E-state index in [1.807, 2.05) is 48.8 Å². The molecule has 0 radical (unpaired) electrons. The van der Waals surface area contributed by atoms with Gasteiger partial charge in [-0.1, -0.05) is 6.07 Å². The van der Waals surface area contributed by atoms with E-state index in [0.717, 1.165) is 20.7 Å². The maximum Gasteiger partial charge on any atom is 0.127 e. The Morgan fingerprint density at radius 3 is 2.59 bits per heavy atom. The van der Waals surface area contributed by atoms with E-state index in [2.05, 4.69) is 20.9 Å². The largest absolute Gasteiger partial charge is 0.363 e. The molecule has 2 aromatic rings. The van der Waals surface area contributed by atoms with Crippen molar-refractivity contribution in [1.29, 1.82) is 0 Å². The third-order valence-corrected chi connectivity index (χ3v) is 4.47. The third kappa shape index (κ3) is 2.68. The quantitative estimate of drug-likeness (QED) is 0.947. The normalized spacial score (nSPS) is 12.5. The van der Waals surface area contributed by atoms with Gasteiger partial charge in [-0.3, -0.25) is 0 Å². The first-order chi connectivity index (χ1) is 8.09. The van der Waals surface area contributed by atoms with Crippen LogP contribution in [0, 0.1) is 0 Å². The number of nitrogens with zero attached hydrogens (tertiary/aromatic N) is 2. The Morgan fingerprint density at radius 2 is 2.12 bits per heavy atom. The second kappa shape index (κ2) is 5.16. The summed E-state index contributed by atoms with van der Waals surface area (Å²) in [6.45, 7) is 0. The average Bonchev–Trinajstić information content (AvgIpc) is 2.74. The molecule has 1 atom stereocenters. The number of halogens is 1.